The monoisotopic (exact) mass is 331 g/mol. The number of aliphatic hydroxyl groups is 1. The Kier molecular flexibility index (Phi) is 3.89. The first-order chi connectivity index (χ1) is 11.0. The number of aromatic nitrogens is 5. The molecule has 0 fully saturated rings. The van der Waals surface area contributed by atoms with Gasteiger partial charge in [0.1, 0.15) is 0 Å². The topological polar surface area (TPSA) is 122 Å². The molecule has 0 spiro atoms. The number of aromatic amines is 1. The fraction of sp³-hybridized carbons (Fsp3) is 0.143. The van der Waals surface area contributed by atoms with Crippen LogP contribution < -0.4 is 0 Å². The third kappa shape index (κ3) is 2.96. The Morgan fingerprint density at radius 1 is 1.17 bits per heavy atom. The molecule has 118 valence electrons. The summed E-state index contributed by atoms with van der Waals surface area (Å²) in [6.07, 6.45) is 3.94. The molecule has 3 aromatic rings. The van der Waals surface area contributed by atoms with Gasteiger partial charge in [0.25, 0.3) is 0 Å². The number of sulfone groups is 1. The highest BCUT2D eigenvalue weighted by molar-refractivity contribution is 7.90. The second-order valence-electron chi connectivity index (χ2n) is 4.94. The van der Waals surface area contributed by atoms with Crippen molar-refractivity contribution in [3.63, 3.8) is 0 Å². The molecule has 0 aliphatic rings. The van der Waals surface area contributed by atoms with Crippen molar-refractivity contribution < 1.29 is 13.5 Å². The van der Waals surface area contributed by atoms with Crippen molar-refractivity contribution in [1.29, 1.82) is 0 Å². The van der Waals surface area contributed by atoms with E-state index in [9.17, 15) is 8.42 Å². The summed E-state index contributed by atoms with van der Waals surface area (Å²) in [5.41, 5.74) is 2.44. The van der Waals surface area contributed by atoms with Gasteiger partial charge in [-0.25, -0.2) is 13.5 Å². The van der Waals surface area contributed by atoms with E-state index in [-0.39, 0.29) is 17.3 Å². The van der Waals surface area contributed by atoms with E-state index >= 15 is 0 Å². The van der Waals surface area contributed by atoms with Gasteiger partial charge < -0.3 is 5.11 Å². The number of nitrogens with one attached hydrogen (secondary N) is 1. The van der Waals surface area contributed by atoms with Crippen molar-refractivity contribution in [3.8, 4) is 22.5 Å². The lowest BCUT2D eigenvalue weighted by Gasteiger charge is -2.11. The minimum atomic E-state index is -3.52. The van der Waals surface area contributed by atoms with Gasteiger partial charge in [-0.05, 0) is 21.6 Å². The first-order valence-corrected chi connectivity index (χ1v) is 8.52. The van der Waals surface area contributed by atoms with Crippen LogP contribution in [0.2, 0.25) is 0 Å². The zero-order valence-electron chi connectivity index (χ0n) is 12.1. The molecule has 0 unspecified atom stereocenters. The molecule has 0 saturated carbocycles. The van der Waals surface area contributed by atoms with Crippen molar-refractivity contribution in [2.24, 2.45) is 0 Å². The zero-order valence-corrected chi connectivity index (χ0v) is 12.9. The second kappa shape index (κ2) is 5.86. The standard InChI is InChI=1S/C14H13N5O3S/c1-23(21,22)12-7-15-6-11(13(12)14-16-18-19-17-14)10-4-2-9(8-20)3-5-10/h2-7,20H,8H2,1H3,(H,16,17,18,19). The number of rotatable bonds is 4. The summed E-state index contributed by atoms with van der Waals surface area (Å²) in [6.45, 7) is -0.0687. The van der Waals surface area contributed by atoms with E-state index < -0.39 is 9.84 Å². The summed E-state index contributed by atoms with van der Waals surface area (Å²) >= 11 is 0. The van der Waals surface area contributed by atoms with Crippen LogP contribution in [0.15, 0.2) is 41.6 Å². The van der Waals surface area contributed by atoms with Crippen molar-refractivity contribution in [3.05, 3.63) is 42.2 Å². The molecule has 0 aliphatic heterocycles. The van der Waals surface area contributed by atoms with Crippen LogP contribution in [0.3, 0.4) is 0 Å². The number of hydrogen-bond donors (Lipinski definition) is 2. The molecule has 2 N–H and O–H groups in total. The molecule has 0 radical (unpaired) electrons. The predicted molar refractivity (Wildman–Crippen MR) is 81.9 cm³/mol. The summed E-state index contributed by atoms with van der Waals surface area (Å²) in [6, 6.07) is 7.07. The van der Waals surface area contributed by atoms with Crippen molar-refractivity contribution in [2.45, 2.75) is 11.5 Å². The highest BCUT2D eigenvalue weighted by atomic mass is 32.2. The maximum absolute atomic E-state index is 12.1. The molecule has 0 saturated heterocycles. The van der Waals surface area contributed by atoms with Crippen LogP contribution >= 0.6 is 0 Å². The van der Waals surface area contributed by atoms with E-state index in [2.05, 4.69) is 25.6 Å². The number of benzene rings is 1. The van der Waals surface area contributed by atoms with Gasteiger partial charge in [-0.1, -0.05) is 24.3 Å². The van der Waals surface area contributed by atoms with E-state index in [1.165, 1.54) is 6.20 Å². The normalized spacial score (nSPS) is 11.6. The van der Waals surface area contributed by atoms with E-state index in [0.717, 1.165) is 17.4 Å². The van der Waals surface area contributed by atoms with Gasteiger partial charge in [0, 0.05) is 24.2 Å². The highest BCUT2D eigenvalue weighted by Gasteiger charge is 2.22. The predicted octanol–water partition coefficient (Wildman–Crippen LogP) is 0.825. The zero-order chi connectivity index (χ0) is 16.4. The molecular formula is C14H13N5O3S. The third-order valence-electron chi connectivity index (χ3n) is 3.34. The molecule has 2 heterocycles. The minimum Gasteiger partial charge on any atom is -0.392 e. The summed E-state index contributed by atoms with van der Waals surface area (Å²) in [5.74, 6) is 0.244. The Hall–Kier alpha value is -2.65. The van der Waals surface area contributed by atoms with Crippen LogP contribution in [-0.4, -0.2) is 45.4 Å². The fourth-order valence-corrected chi connectivity index (χ4v) is 3.07. The Labute approximate surface area is 132 Å². The molecule has 3 rings (SSSR count). The maximum Gasteiger partial charge on any atom is 0.181 e. The quantitative estimate of drug-likeness (QED) is 0.726. The number of H-pyrrole nitrogens is 1. The lowest BCUT2D eigenvalue weighted by Crippen LogP contribution is -2.03. The minimum absolute atomic E-state index is 0.0415. The van der Waals surface area contributed by atoms with E-state index in [4.69, 9.17) is 5.11 Å². The Balaban J connectivity index is 2.28. The van der Waals surface area contributed by atoms with E-state index in [0.29, 0.717) is 11.1 Å². The third-order valence-corrected chi connectivity index (χ3v) is 4.45. The second-order valence-corrected chi connectivity index (χ2v) is 6.92. The summed E-state index contributed by atoms with van der Waals surface area (Å²) in [5, 5.41) is 22.6. The van der Waals surface area contributed by atoms with Crippen LogP contribution in [0.4, 0.5) is 0 Å². The van der Waals surface area contributed by atoms with Crippen molar-refractivity contribution in [2.75, 3.05) is 6.26 Å². The van der Waals surface area contributed by atoms with Crippen LogP contribution in [0, 0.1) is 0 Å². The summed E-state index contributed by atoms with van der Waals surface area (Å²) in [4.78, 5) is 4.07. The molecular weight excluding hydrogens is 318 g/mol. The van der Waals surface area contributed by atoms with Crippen LogP contribution in [0.5, 0.6) is 0 Å². The lowest BCUT2D eigenvalue weighted by atomic mass is 10.0. The number of tetrazole rings is 1. The molecule has 9 heteroatoms. The summed E-state index contributed by atoms with van der Waals surface area (Å²) < 4.78 is 24.2. The van der Waals surface area contributed by atoms with Gasteiger partial charge in [0.05, 0.1) is 17.1 Å². The molecule has 2 aromatic heterocycles. The van der Waals surface area contributed by atoms with Gasteiger partial charge >= 0.3 is 0 Å². The SMILES string of the molecule is CS(=O)(=O)c1cncc(-c2ccc(CO)cc2)c1-c1nnn[nH]1. The largest absolute Gasteiger partial charge is 0.392 e. The maximum atomic E-state index is 12.1. The van der Waals surface area contributed by atoms with Gasteiger partial charge in [0.15, 0.2) is 15.7 Å². The highest BCUT2D eigenvalue weighted by Crippen LogP contribution is 2.34. The van der Waals surface area contributed by atoms with E-state index in [1.54, 1.807) is 30.5 Å². The number of aliphatic hydroxyl groups excluding tert-OH is 1. The van der Waals surface area contributed by atoms with Crippen molar-refractivity contribution in [1.82, 2.24) is 25.6 Å². The lowest BCUT2D eigenvalue weighted by molar-refractivity contribution is 0.282. The Morgan fingerprint density at radius 3 is 2.48 bits per heavy atom. The molecule has 0 bridgehead atoms. The smallest absolute Gasteiger partial charge is 0.181 e. The van der Waals surface area contributed by atoms with Crippen LogP contribution in [0.25, 0.3) is 22.5 Å². The number of nitrogens with zero attached hydrogens (tertiary/aromatic N) is 4. The van der Waals surface area contributed by atoms with Gasteiger partial charge in [0.2, 0.25) is 0 Å². The van der Waals surface area contributed by atoms with Crippen LogP contribution in [0.1, 0.15) is 5.56 Å². The Bertz CT molecular complexity index is 922. The van der Waals surface area contributed by atoms with Gasteiger partial charge in [-0.2, -0.15) is 0 Å². The van der Waals surface area contributed by atoms with E-state index in [1.807, 2.05) is 0 Å². The number of hydrogen-bond acceptors (Lipinski definition) is 7. The molecule has 0 atom stereocenters. The van der Waals surface area contributed by atoms with Gasteiger partial charge in [-0.3, -0.25) is 4.98 Å². The fourth-order valence-electron chi connectivity index (χ4n) is 2.24. The summed E-state index contributed by atoms with van der Waals surface area (Å²) in [7, 11) is -3.52. The molecule has 8 nitrogen and oxygen atoms in total. The van der Waals surface area contributed by atoms with Crippen LogP contribution in [-0.2, 0) is 16.4 Å². The Morgan fingerprint density at radius 2 is 1.91 bits per heavy atom. The molecule has 0 aliphatic carbocycles. The van der Waals surface area contributed by atoms with Crippen molar-refractivity contribution >= 4 is 9.84 Å². The van der Waals surface area contributed by atoms with Gasteiger partial charge in [-0.15, -0.1) is 5.10 Å². The average molecular weight is 331 g/mol. The molecule has 1 aromatic carbocycles. The average Bonchev–Trinajstić information content (AvgIpc) is 3.07. The first-order valence-electron chi connectivity index (χ1n) is 6.63. The number of pyridine rings is 1. The molecule has 0 amide bonds. The molecule has 23 heavy (non-hydrogen) atoms. The first kappa shape index (κ1) is 15.3.